The zero-order valence-corrected chi connectivity index (χ0v) is 10.1. The van der Waals surface area contributed by atoms with Crippen LogP contribution in [-0.4, -0.2) is 47.3 Å². The molecule has 1 rings (SSSR count). The molecule has 0 bridgehead atoms. The van der Waals surface area contributed by atoms with Crippen molar-refractivity contribution in [3.63, 3.8) is 0 Å². The lowest BCUT2D eigenvalue weighted by Crippen LogP contribution is -2.40. The van der Waals surface area contributed by atoms with Gasteiger partial charge in [0.05, 0.1) is 0 Å². The number of aliphatic hydroxyl groups is 1. The van der Waals surface area contributed by atoms with Gasteiger partial charge >= 0.3 is 0 Å². The zero-order valence-electron chi connectivity index (χ0n) is 9.24. The minimum Gasteiger partial charge on any atom is -0.396 e. The van der Waals surface area contributed by atoms with Crippen molar-refractivity contribution in [3.8, 4) is 0 Å². The number of hydrogen-bond donors (Lipinski definition) is 1. The number of thioether (sulfide) groups is 1. The smallest absolute Gasteiger partial charge is 0.0431 e. The average molecular weight is 217 g/mol. The standard InChI is InChI=1S/C11H23NOS/c1-11-10-14-9-7-12(11)6-4-2-3-5-8-13/h11,13H,2-10H2,1H3. The molecule has 1 aliphatic rings. The van der Waals surface area contributed by atoms with Gasteiger partial charge in [-0.2, -0.15) is 11.8 Å². The maximum absolute atomic E-state index is 8.64. The Labute approximate surface area is 92.1 Å². The van der Waals surface area contributed by atoms with Crippen molar-refractivity contribution >= 4 is 11.8 Å². The molecule has 2 nitrogen and oxygen atoms in total. The van der Waals surface area contributed by atoms with E-state index in [9.17, 15) is 0 Å². The highest BCUT2D eigenvalue weighted by Gasteiger charge is 2.17. The molecule has 0 aromatic carbocycles. The van der Waals surface area contributed by atoms with E-state index >= 15 is 0 Å². The first-order valence-electron chi connectivity index (χ1n) is 5.77. The molecule has 0 radical (unpaired) electrons. The Kier molecular flexibility index (Phi) is 6.65. The molecule has 14 heavy (non-hydrogen) atoms. The van der Waals surface area contributed by atoms with Crippen LogP contribution >= 0.6 is 11.8 Å². The number of aliphatic hydroxyl groups excluding tert-OH is 1. The Morgan fingerprint density at radius 3 is 2.79 bits per heavy atom. The van der Waals surface area contributed by atoms with Gasteiger partial charge in [0.2, 0.25) is 0 Å². The summed E-state index contributed by atoms with van der Waals surface area (Å²) in [7, 11) is 0. The Bertz CT molecular complexity index is 143. The fraction of sp³-hybridized carbons (Fsp3) is 1.00. The van der Waals surface area contributed by atoms with Crippen molar-refractivity contribution in [1.82, 2.24) is 4.90 Å². The van der Waals surface area contributed by atoms with Crippen molar-refractivity contribution in [1.29, 1.82) is 0 Å². The fourth-order valence-corrected chi connectivity index (χ4v) is 2.96. The molecule has 0 aromatic heterocycles. The minimum atomic E-state index is 0.358. The molecular weight excluding hydrogens is 194 g/mol. The molecule has 1 aliphatic heterocycles. The van der Waals surface area contributed by atoms with Crippen LogP contribution in [0, 0.1) is 0 Å². The van der Waals surface area contributed by atoms with Gasteiger partial charge in [-0.1, -0.05) is 12.8 Å². The summed E-state index contributed by atoms with van der Waals surface area (Å²) in [5, 5.41) is 8.64. The molecule has 0 spiro atoms. The molecule has 1 fully saturated rings. The topological polar surface area (TPSA) is 23.5 Å². The molecule has 0 aromatic rings. The quantitative estimate of drug-likeness (QED) is 0.688. The van der Waals surface area contributed by atoms with E-state index in [1.807, 2.05) is 0 Å². The minimum absolute atomic E-state index is 0.358. The first-order chi connectivity index (χ1) is 6.84. The van der Waals surface area contributed by atoms with E-state index in [1.165, 1.54) is 43.9 Å². The van der Waals surface area contributed by atoms with Crippen LogP contribution in [0.3, 0.4) is 0 Å². The van der Waals surface area contributed by atoms with Gasteiger partial charge in [0.1, 0.15) is 0 Å². The SMILES string of the molecule is CC1CSCCN1CCCCCCO. The maximum atomic E-state index is 8.64. The van der Waals surface area contributed by atoms with Gasteiger partial charge in [-0.05, 0) is 26.3 Å². The largest absolute Gasteiger partial charge is 0.396 e. The number of hydrogen-bond acceptors (Lipinski definition) is 3. The summed E-state index contributed by atoms with van der Waals surface area (Å²) >= 11 is 2.08. The first kappa shape index (κ1) is 12.3. The normalized spacial score (nSPS) is 24.0. The lowest BCUT2D eigenvalue weighted by Gasteiger charge is -2.32. The monoisotopic (exact) mass is 217 g/mol. The van der Waals surface area contributed by atoms with Crippen molar-refractivity contribution in [2.24, 2.45) is 0 Å². The van der Waals surface area contributed by atoms with Gasteiger partial charge in [-0.15, -0.1) is 0 Å². The molecule has 1 unspecified atom stereocenters. The predicted molar refractivity (Wildman–Crippen MR) is 63.9 cm³/mol. The molecule has 1 saturated heterocycles. The van der Waals surface area contributed by atoms with Crippen LogP contribution in [0.1, 0.15) is 32.6 Å². The van der Waals surface area contributed by atoms with Crippen LogP contribution < -0.4 is 0 Å². The molecule has 0 amide bonds. The molecule has 0 saturated carbocycles. The van der Waals surface area contributed by atoms with Gasteiger partial charge in [0.15, 0.2) is 0 Å². The van der Waals surface area contributed by atoms with E-state index in [0.29, 0.717) is 6.61 Å². The first-order valence-corrected chi connectivity index (χ1v) is 6.92. The molecule has 84 valence electrons. The lowest BCUT2D eigenvalue weighted by molar-refractivity contribution is 0.225. The van der Waals surface area contributed by atoms with Crippen molar-refractivity contribution in [2.75, 3.05) is 31.2 Å². The van der Waals surface area contributed by atoms with E-state index in [0.717, 1.165) is 12.5 Å². The van der Waals surface area contributed by atoms with Crippen LogP contribution in [-0.2, 0) is 0 Å². The summed E-state index contributed by atoms with van der Waals surface area (Å²) in [6.07, 6.45) is 4.74. The van der Waals surface area contributed by atoms with E-state index in [2.05, 4.69) is 23.6 Å². The van der Waals surface area contributed by atoms with Gasteiger partial charge < -0.3 is 5.11 Å². The van der Waals surface area contributed by atoms with Crippen molar-refractivity contribution in [3.05, 3.63) is 0 Å². The van der Waals surface area contributed by atoms with Crippen LogP contribution in [0.2, 0.25) is 0 Å². The summed E-state index contributed by atoms with van der Waals surface area (Å²) in [6, 6.07) is 0.770. The third-order valence-corrected chi connectivity index (χ3v) is 4.05. The van der Waals surface area contributed by atoms with Gasteiger partial charge in [-0.3, -0.25) is 4.90 Å². The second-order valence-corrected chi connectivity index (χ2v) is 5.25. The molecular formula is C11H23NOS. The summed E-state index contributed by atoms with van der Waals surface area (Å²) in [4.78, 5) is 2.61. The molecule has 1 atom stereocenters. The van der Waals surface area contributed by atoms with Gasteiger partial charge in [0, 0.05) is 30.7 Å². The van der Waals surface area contributed by atoms with E-state index in [-0.39, 0.29) is 0 Å². The van der Waals surface area contributed by atoms with Crippen LogP contribution in [0.15, 0.2) is 0 Å². The molecule has 1 heterocycles. The third kappa shape index (κ3) is 4.67. The lowest BCUT2D eigenvalue weighted by atomic mass is 10.2. The van der Waals surface area contributed by atoms with E-state index in [1.54, 1.807) is 0 Å². The Hall–Kier alpha value is 0.270. The average Bonchev–Trinajstić information content (AvgIpc) is 2.20. The second-order valence-electron chi connectivity index (χ2n) is 4.10. The summed E-state index contributed by atoms with van der Waals surface area (Å²) in [5.41, 5.74) is 0. The molecule has 0 aliphatic carbocycles. The Balaban J connectivity index is 1.99. The van der Waals surface area contributed by atoms with Crippen molar-refractivity contribution < 1.29 is 5.11 Å². The predicted octanol–water partition coefficient (Wildman–Crippen LogP) is 1.98. The van der Waals surface area contributed by atoms with Crippen LogP contribution in [0.25, 0.3) is 0 Å². The van der Waals surface area contributed by atoms with Crippen LogP contribution in [0.4, 0.5) is 0 Å². The van der Waals surface area contributed by atoms with Gasteiger partial charge in [-0.25, -0.2) is 0 Å². The maximum Gasteiger partial charge on any atom is 0.0431 e. The zero-order chi connectivity index (χ0) is 10.2. The summed E-state index contributed by atoms with van der Waals surface area (Å²) in [6.45, 7) is 5.22. The highest BCUT2D eigenvalue weighted by Crippen LogP contribution is 2.16. The molecule has 1 N–H and O–H groups in total. The van der Waals surface area contributed by atoms with Gasteiger partial charge in [0.25, 0.3) is 0 Å². The van der Waals surface area contributed by atoms with Crippen LogP contribution in [0.5, 0.6) is 0 Å². The third-order valence-electron chi connectivity index (χ3n) is 2.86. The Morgan fingerprint density at radius 2 is 2.07 bits per heavy atom. The van der Waals surface area contributed by atoms with E-state index in [4.69, 9.17) is 5.11 Å². The Morgan fingerprint density at radius 1 is 1.29 bits per heavy atom. The number of rotatable bonds is 6. The number of nitrogens with zero attached hydrogens (tertiary/aromatic N) is 1. The fourth-order valence-electron chi connectivity index (χ4n) is 1.87. The molecule has 3 heteroatoms. The highest BCUT2D eigenvalue weighted by atomic mass is 32.2. The highest BCUT2D eigenvalue weighted by molar-refractivity contribution is 7.99. The number of unbranched alkanes of at least 4 members (excludes halogenated alkanes) is 3. The summed E-state index contributed by atoms with van der Waals surface area (Å²) < 4.78 is 0. The second kappa shape index (κ2) is 7.55. The summed E-state index contributed by atoms with van der Waals surface area (Å²) in [5.74, 6) is 2.61. The van der Waals surface area contributed by atoms with E-state index < -0.39 is 0 Å². The van der Waals surface area contributed by atoms with Crippen molar-refractivity contribution in [2.45, 2.75) is 38.6 Å².